The van der Waals surface area contributed by atoms with Gasteiger partial charge in [0, 0.05) is 23.2 Å². The standard InChI is InChI=1S/C32H37NO4/c1-21-8-5-4-6-17-33(21)22(2)20-36-28-14-11-24(12-15-28)32-31(25-9-7-10-26(34)18-25)23(3)29-19-27(35)13-16-30(29)37-32/h7,9-16,18-19,21-22,32,34-35H,4-6,8,17,20H2,1-3H3. The summed E-state index contributed by atoms with van der Waals surface area (Å²) in [6, 6.07) is 21.5. The van der Waals surface area contributed by atoms with E-state index in [1.807, 2.05) is 37.3 Å². The molecule has 194 valence electrons. The molecule has 0 aliphatic carbocycles. The lowest BCUT2D eigenvalue weighted by molar-refractivity contribution is 0.112. The van der Waals surface area contributed by atoms with E-state index in [2.05, 4.69) is 30.9 Å². The molecule has 37 heavy (non-hydrogen) atoms. The molecule has 3 unspecified atom stereocenters. The van der Waals surface area contributed by atoms with Gasteiger partial charge in [-0.2, -0.15) is 0 Å². The van der Waals surface area contributed by atoms with Gasteiger partial charge < -0.3 is 19.7 Å². The van der Waals surface area contributed by atoms with Crippen molar-refractivity contribution in [3.05, 3.63) is 83.4 Å². The Morgan fingerprint density at radius 1 is 0.973 bits per heavy atom. The molecule has 2 aliphatic rings. The Morgan fingerprint density at radius 2 is 1.76 bits per heavy atom. The minimum Gasteiger partial charge on any atom is -0.508 e. The van der Waals surface area contributed by atoms with E-state index >= 15 is 0 Å². The Labute approximate surface area is 220 Å². The van der Waals surface area contributed by atoms with E-state index in [4.69, 9.17) is 9.47 Å². The Kier molecular flexibility index (Phi) is 7.43. The fourth-order valence-electron chi connectivity index (χ4n) is 5.72. The zero-order chi connectivity index (χ0) is 25.9. The Bertz CT molecular complexity index is 1270. The van der Waals surface area contributed by atoms with E-state index in [0.717, 1.165) is 45.9 Å². The van der Waals surface area contributed by atoms with E-state index in [9.17, 15) is 10.2 Å². The second-order valence-electron chi connectivity index (χ2n) is 10.4. The maximum Gasteiger partial charge on any atom is 0.150 e. The fourth-order valence-corrected chi connectivity index (χ4v) is 5.72. The summed E-state index contributed by atoms with van der Waals surface area (Å²) in [7, 11) is 0. The first-order valence-electron chi connectivity index (χ1n) is 13.4. The van der Waals surface area contributed by atoms with Crippen molar-refractivity contribution in [1.82, 2.24) is 4.90 Å². The number of benzene rings is 3. The smallest absolute Gasteiger partial charge is 0.150 e. The van der Waals surface area contributed by atoms with Gasteiger partial charge in [0.2, 0.25) is 0 Å². The van der Waals surface area contributed by atoms with Gasteiger partial charge in [0.25, 0.3) is 0 Å². The first kappa shape index (κ1) is 25.2. The second-order valence-corrected chi connectivity index (χ2v) is 10.4. The van der Waals surface area contributed by atoms with Crippen LogP contribution in [0.3, 0.4) is 0 Å². The average Bonchev–Trinajstić information content (AvgIpc) is 3.12. The predicted octanol–water partition coefficient (Wildman–Crippen LogP) is 7.19. The molecule has 2 aliphatic heterocycles. The summed E-state index contributed by atoms with van der Waals surface area (Å²) in [5.41, 5.74) is 4.71. The highest BCUT2D eigenvalue weighted by Crippen LogP contribution is 2.47. The average molecular weight is 500 g/mol. The number of ether oxygens (including phenoxy) is 2. The Morgan fingerprint density at radius 3 is 2.54 bits per heavy atom. The van der Waals surface area contributed by atoms with E-state index in [0.29, 0.717) is 18.7 Å². The largest absolute Gasteiger partial charge is 0.508 e. The molecule has 3 aromatic rings. The minimum atomic E-state index is -0.357. The summed E-state index contributed by atoms with van der Waals surface area (Å²) in [6.45, 7) is 8.44. The van der Waals surface area contributed by atoms with Gasteiger partial charge in [-0.3, -0.25) is 4.90 Å². The van der Waals surface area contributed by atoms with Crippen LogP contribution in [-0.4, -0.2) is 40.3 Å². The first-order chi connectivity index (χ1) is 17.9. The van der Waals surface area contributed by atoms with Gasteiger partial charge in [-0.25, -0.2) is 0 Å². The maximum absolute atomic E-state index is 10.2. The molecule has 0 amide bonds. The molecular weight excluding hydrogens is 462 g/mol. The quantitative estimate of drug-likeness (QED) is 0.376. The maximum atomic E-state index is 10.2. The van der Waals surface area contributed by atoms with Crippen LogP contribution < -0.4 is 9.47 Å². The zero-order valence-electron chi connectivity index (χ0n) is 22.0. The third-order valence-electron chi connectivity index (χ3n) is 7.78. The van der Waals surface area contributed by atoms with Crippen molar-refractivity contribution in [3.63, 3.8) is 0 Å². The Hall–Kier alpha value is -3.44. The summed E-state index contributed by atoms with van der Waals surface area (Å²) in [6.07, 6.45) is 4.81. The van der Waals surface area contributed by atoms with Crippen molar-refractivity contribution in [2.24, 2.45) is 0 Å². The predicted molar refractivity (Wildman–Crippen MR) is 148 cm³/mol. The summed E-state index contributed by atoms with van der Waals surface area (Å²) in [4.78, 5) is 2.58. The van der Waals surface area contributed by atoms with E-state index < -0.39 is 0 Å². The Balaban J connectivity index is 1.38. The number of likely N-dealkylation sites (tertiary alicyclic amines) is 1. The molecule has 0 spiro atoms. The highest BCUT2D eigenvalue weighted by molar-refractivity contribution is 5.95. The molecule has 5 heteroatoms. The van der Waals surface area contributed by atoms with Crippen LogP contribution in [0.15, 0.2) is 66.7 Å². The molecule has 1 fully saturated rings. The molecule has 5 nitrogen and oxygen atoms in total. The molecule has 0 radical (unpaired) electrons. The summed E-state index contributed by atoms with van der Waals surface area (Å²) in [5, 5.41) is 20.3. The van der Waals surface area contributed by atoms with E-state index in [1.165, 1.54) is 25.7 Å². The number of hydrogen-bond donors (Lipinski definition) is 2. The topological polar surface area (TPSA) is 62.2 Å². The molecule has 0 bridgehead atoms. The molecule has 0 saturated carbocycles. The number of phenols is 2. The van der Waals surface area contributed by atoms with E-state index in [1.54, 1.807) is 24.3 Å². The first-order valence-corrected chi connectivity index (χ1v) is 13.4. The van der Waals surface area contributed by atoms with Gasteiger partial charge in [-0.15, -0.1) is 0 Å². The zero-order valence-corrected chi connectivity index (χ0v) is 22.0. The van der Waals surface area contributed by atoms with Crippen LogP contribution in [0, 0.1) is 0 Å². The second kappa shape index (κ2) is 10.9. The van der Waals surface area contributed by atoms with Gasteiger partial charge in [-0.05, 0) is 99.3 Å². The minimum absolute atomic E-state index is 0.195. The third-order valence-corrected chi connectivity index (χ3v) is 7.78. The van der Waals surface area contributed by atoms with Gasteiger partial charge in [0.05, 0.1) is 0 Å². The third kappa shape index (κ3) is 5.47. The molecular formula is C32H37NO4. The van der Waals surface area contributed by atoms with Crippen LogP contribution in [-0.2, 0) is 0 Å². The summed E-state index contributed by atoms with van der Waals surface area (Å²) < 4.78 is 12.7. The van der Waals surface area contributed by atoms with Crippen LogP contribution in [0.2, 0.25) is 0 Å². The van der Waals surface area contributed by atoms with Crippen LogP contribution in [0.1, 0.15) is 69.2 Å². The van der Waals surface area contributed by atoms with Crippen LogP contribution >= 0.6 is 0 Å². The number of nitrogens with zero attached hydrogens (tertiary/aromatic N) is 1. The van der Waals surface area contributed by atoms with Crippen LogP contribution in [0.25, 0.3) is 11.1 Å². The van der Waals surface area contributed by atoms with Crippen molar-refractivity contribution in [2.45, 2.75) is 64.6 Å². The van der Waals surface area contributed by atoms with Crippen molar-refractivity contribution < 1.29 is 19.7 Å². The SMILES string of the molecule is CC1=C(c2cccc(O)c2)C(c2ccc(OCC(C)N3CCCCCC3C)cc2)Oc2ccc(O)cc21. The highest BCUT2D eigenvalue weighted by Gasteiger charge is 2.30. The summed E-state index contributed by atoms with van der Waals surface area (Å²) in [5.74, 6) is 1.97. The lowest BCUT2D eigenvalue weighted by Crippen LogP contribution is -2.43. The molecule has 2 N–H and O–H groups in total. The number of rotatable bonds is 6. The van der Waals surface area contributed by atoms with Gasteiger partial charge in [0.15, 0.2) is 0 Å². The number of allylic oxidation sites excluding steroid dienone is 1. The van der Waals surface area contributed by atoms with Crippen molar-refractivity contribution in [2.75, 3.05) is 13.2 Å². The lowest BCUT2D eigenvalue weighted by atomic mass is 9.86. The molecule has 3 aromatic carbocycles. The normalized spacial score (nSPS) is 21.1. The molecule has 3 atom stereocenters. The molecule has 1 saturated heterocycles. The van der Waals surface area contributed by atoms with E-state index in [-0.39, 0.29) is 17.6 Å². The fraction of sp³-hybridized carbons (Fsp3) is 0.375. The van der Waals surface area contributed by atoms with Crippen molar-refractivity contribution in [3.8, 4) is 23.0 Å². The molecule has 5 rings (SSSR count). The molecule has 0 aromatic heterocycles. The van der Waals surface area contributed by atoms with Gasteiger partial charge >= 0.3 is 0 Å². The number of aromatic hydroxyl groups is 2. The summed E-state index contributed by atoms with van der Waals surface area (Å²) >= 11 is 0. The van der Waals surface area contributed by atoms with Crippen molar-refractivity contribution >= 4 is 11.1 Å². The van der Waals surface area contributed by atoms with Gasteiger partial charge in [-0.1, -0.05) is 37.1 Å². The monoisotopic (exact) mass is 499 g/mol. The number of phenolic OH excluding ortho intramolecular Hbond substituents is 2. The number of fused-ring (bicyclic) bond motifs is 1. The lowest BCUT2D eigenvalue weighted by Gasteiger charge is -2.33. The highest BCUT2D eigenvalue weighted by atomic mass is 16.5. The number of hydrogen-bond acceptors (Lipinski definition) is 5. The van der Waals surface area contributed by atoms with Crippen LogP contribution in [0.4, 0.5) is 0 Å². The van der Waals surface area contributed by atoms with Gasteiger partial charge in [0.1, 0.15) is 35.7 Å². The van der Waals surface area contributed by atoms with Crippen molar-refractivity contribution in [1.29, 1.82) is 0 Å². The molecule has 2 heterocycles. The van der Waals surface area contributed by atoms with Crippen LogP contribution in [0.5, 0.6) is 23.0 Å².